The topological polar surface area (TPSA) is 307 Å². The molecule has 1 amide bonds. The average molecular weight is 912 g/mol. The third-order valence-electron chi connectivity index (χ3n) is 12.1. The molecule has 0 radical (unpaired) electrons. The predicted octanol–water partition coefficient (Wildman–Crippen LogP) is -0.0852. The van der Waals surface area contributed by atoms with Crippen molar-refractivity contribution in [1.29, 1.82) is 0 Å². The van der Waals surface area contributed by atoms with Crippen LogP contribution in [-0.4, -0.2) is 193 Å². The molecule has 0 spiro atoms. The zero-order chi connectivity index (χ0) is 46.3. The van der Waals surface area contributed by atoms with Gasteiger partial charge in [-0.25, -0.2) is 0 Å². The lowest BCUT2D eigenvalue weighted by Crippen LogP contribution is -2.66. The van der Waals surface area contributed by atoms with Crippen LogP contribution in [0.2, 0.25) is 0 Å². The highest BCUT2D eigenvalue weighted by Gasteiger charge is 2.53. The van der Waals surface area contributed by atoms with E-state index < -0.39 is 124 Å². The molecule has 17 atom stereocenters. The minimum atomic E-state index is -1.97. The Balaban J connectivity index is 1.59. The summed E-state index contributed by atoms with van der Waals surface area (Å²) < 4.78 is 33.9. The van der Waals surface area contributed by atoms with Crippen molar-refractivity contribution in [3.8, 4) is 0 Å². The second-order valence-corrected chi connectivity index (χ2v) is 17.2. The molecule has 19 nitrogen and oxygen atoms in total. The molecular formula is C44H81NO18. The number of amides is 1. The Morgan fingerprint density at radius 3 is 1.49 bits per heavy atom. The molecule has 3 saturated heterocycles. The van der Waals surface area contributed by atoms with Gasteiger partial charge in [-0.05, 0) is 19.3 Å². The first-order valence-corrected chi connectivity index (χ1v) is 23.4. The number of carbonyl (C=O) groups excluding carboxylic acids is 1. The van der Waals surface area contributed by atoms with Crippen LogP contribution in [0.15, 0.2) is 12.2 Å². The quantitative estimate of drug-likeness (QED) is 0.0320. The molecule has 0 bridgehead atoms. The number of nitrogens with one attached hydrogen (secondary N) is 1. The van der Waals surface area contributed by atoms with Crippen molar-refractivity contribution < 1.29 is 89.4 Å². The van der Waals surface area contributed by atoms with E-state index in [2.05, 4.69) is 19.2 Å². The van der Waals surface area contributed by atoms with E-state index in [1.807, 2.05) is 6.08 Å². The van der Waals surface area contributed by atoms with Crippen molar-refractivity contribution in [3.63, 3.8) is 0 Å². The Bertz CT molecular complexity index is 1230. The number of aliphatic hydroxyl groups is 11. The van der Waals surface area contributed by atoms with Crippen LogP contribution in [0.25, 0.3) is 0 Å². The van der Waals surface area contributed by atoms with Gasteiger partial charge >= 0.3 is 0 Å². The number of ether oxygens (including phenoxy) is 6. The van der Waals surface area contributed by atoms with Gasteiger partial charge in [0.1, 0.15) is 73.2 Å². The average Bonchev–Trinajstić information content (AvgIpc) is 3.28. The first kappa shape index (κ1) is 55.9. The Morgan fingerprint density at radius 1 is 0.556 bits per heavy atom. The van der Waals surface area contributed by atoms with Gasteiger partial charge in [-0.3, -0.25) is 4.79 Å². The third kappa shape index (κ3) is 17.9. The van der Waals surface area contributed by atoms with Gasteiger partial charge in [0.15, 0.2) is 18.9 Å². The molecule has 0 aromatic carbocycles. The van der Waals surface area contributed by atoms with E-state index in [4.69, 9.17) is 28.4 Å². The van der Waals surface area contributed by atoms with Gasteiger partial charge in [0.25, 0.3) is 0 Å². The fraction of sp³-hybridized carbons (Fsp3) is 0.932. The van der Waals surface area contributed by atoms with Crippen LogP contribution in [0.5, 0.6) is 0 Å². The lowest BCUT2D eigenvalue weighted by molar-refractivity contribution is -0.379. The standard InChI is InChI=1S/C44H81NO18/c1-3-5-7-9-11-12-13-14-15-16-17-19-21-28(49)27(45-32(50)22-20-18-10-8-6-4-2)26-58-42-38(56)35(53)40(30(24-47)60-42)63-44-39(57)36(54)41(31(25-48)61-44)62-43-37(55)34(52)33(51)29(23-46)59-43/h19,21,27-31,33-44,46-49,51-57H,3-18,20,22-26H2,1-2H3,(H,45,50)/b21-19+. The minimum absolute atomic E-state index is 0.242. The second kappa shape index (κ2) is 30.7. The zero-order valence-electron chi connectivity index (χ0n) is 37.3. The smallest absolute Gasteiger partial charge is 0.220 e. The minimum Gasteiger partial charge on any atom is -0.394 e. The molecule has 0 aliphatic carbocycles. The lowest BCUT2D eigenvalue weighted by atomic mass is 9.96. The molecule has 63 heavy (non-hydrogen) atoms. The summed E-state index contributed by atoms with van der Waals surface area (Å²) in [5.74, 6) is -0.289. The molecule has 3 fully saturated rings. The van der Waals surface area contributed by atoms with Crippen LogP contribution in [0.4, 0.5) is 0 Å². The predicted molar refractivity (Wildman–Crippen MR) is 227 cm³/mol. The van der Waals surface area contributed by atoms with Crippen molar-refractivity contribution >= 4 is 5.91 Å². The van der Waals surface area contributed by atoms with Gasteiger partial charge < -0.3 is 89.9 Å². The summed E-state index contributed by atoms with van der Waals surface area (Å²) in [6, 6.07) is -0.961. The number of unbranched alkanes of at least 4 members (excludes halogenated alkanes) is 15. The third-order valence-corrected chi connectivity index (χ3v) is 12.1. The Hall–Kier alpha value is -1.47. The Labute approximate surface area is 372 Å². The summed E-state index contributed by atoms with van der Waals surface area (Å²) in [5.41, 5.74) is 0. The van der Waals surface area contributed by atoms with Crippen molar-refractivity contribution in [2.24, 2.45) is 0 Å². The molecule has 0 aromatic heterocycles. The van der Waals surface area contributed by atoms with Gasteiger partial charge in [-0.15, -0.1) is 0 Å². The van der Waals surface area contributed by atoms with Crippen molar-refractivity contribution in [1.82, 2.24) is 5.32 Å². The highest BCUT2D eigenvalue weighted by molar-refractivity contribution is 5.76. The molecule has 3 aliphatic heterocycles. The monoisotopic (exact) mass is 912 g/mol. The molecule has 3 rings (SSSR count). The maximum atomic E-state index is 13.0. The number of allylic oxidation sites excluding steroid dienone is 1. The highest BCUT2D eigenvalue weighted by Crippen LogP contribution is 2.33. The van der Waals surface area contributed by atoms with Gasteiger partial charge in [0.2, 0.25) is 5.91 Å². The molecule has 3 aliphatic rings. The van der Waals surface area contributed by atoms with Crippen LogP contribution in [-0.2, 0) is 33.2 Å². The molecule has 370 valence electrons. The second-order valence-electron chi connectivity index (χ2n) is 17.2. The van der Waals surface area contributed by atoms with E-state index in [1.165, 1.54) is 44.9 Å². The molecule has 0 aromatic rings. The van der Waals surface area contributed by atoms with E-state index in [9.17, 15) is 61.0 Å². The molecule has 3 heterocycles. The van der Waals surface area contributed by atoms with E-state index in [-0.39, 0.29) is 18.9 Å². The molecule has 12 N–H and O–H groups in total. The normalized spacial score (nSPS) is 34.9. The number of aliphatic hydroxyl groups excluding tert-OH is 11. The molecule has 0 saturated carbocycles. The number of carbonyl (C=O) groups is 1. The zero-order valence-corrected chi connectivity index (χ0v) is 37.3. The van der Waals surface area contributed by atoms with Crippen LogP contribution >= 0.6 is 0 Å². The van der Waals surface area contributed by atoms with Gasteiger partial charge in [-0.2, -0.15) is 0 Å². The van der Waals surface area contributed by atoms with Gasteiger partial charge in [-0.1, -0.05) is 116 Å². The summed E-state index contributed by atoms with van der Waals surface area (Å²) in [6.07, 6.45) is -4.38. The van der Waals surface area contributed by atoms with Crippen LogP contribution in [0.1, 0.15) is 129 Å². The van der Waals surface area contributed by atoms with E-state index >= 15 is 0 Å². The van der Waals surface area contributed by atoms with Crippen LogP contribution in [0, 0.1) is 0 Å². The fourth-order valence-corrected chi connectivity index (χ4v) is 8.07. The summed E-state index contributed by atoms with van der Waals surface area (Å²) in [6.45, 7) is 1.58. The van der Waals surface area contributed by atoms with E-state index in [0.717, 1.165) is 57.8 Å². The van der Waals surface area contributed by atoms with Crippen molar-refractivity contribution in [2.45, 2.75) is 234 Å². The SMILES string of the molecule is CCCCCCCCCCCC/C=C/C(O)C(COC1OC(CO)C(OC2OC(CO)C(OC3OC(CO)C(O)C(O)C3O)C(O)C2O)C(O)C1O)NC(=O)CCCCCCCC. The maximum absolute atomic E-state index is 13.0. The van der Waals surface area contributed by atoms with Crippen molar-refractivity contribution in [3.05, 3.63) is 12.2 Å². The van der Waals surface area contributed by atoms with Crippen LogP contribution < -0.4 is 5.32 Å². The Morgan fingerprint density at radius 2 is 0.984 bits per heavy atom. The summed E-state index contributed by atoms with van der Waals surface area (Å²) in [7, 11) is 0. The molecule has 19 heteroatoms. The largest absolute Gasteiger partial charge is 0.394 e. The number of rotatable bonds is 31. The Kier molecular flexibility index (Phi) is 27.3. The van der Waals surface area contributed by atoms with E-state index in [1.54, 1.807) is 6.08 Å². The number of hydrogen-bond donors (Lipinski definition) is 12. The molecule has 17 unspecified atom stereocenters. The molecular weight excluding hydrogens is 830 g/mol. The first-order valence-electron chi connectivity index (χ1n) is 23.4. The van der Waals surface area contributed by atoms with Crippen LogP contribution in [0.3, 0.4) is 0 Å². The van der Waals surface area contributed by atoms with Gasteiger partial charge in [0.05, 0.1) is 38.6 Å². The summed E-state index contributed by atoms with van der Waals surface area (Å²) in [5, 5.41) is 119. The maximum Gasteiger partial charge on any atom is 0.220 e. The fourth-order valence-electron chi connectivity index (χ4n) is 8.07. The first-order chi connectivity index (χ1) is 30.3. The lowest BCUT2D eigenvalue weighted by Gasteiger charge is -2.48. The summed E-state index contributed by atoms with van der Waals surface area (Å²) in [4.78, 5) is 13.0. The highest BCUT2D eigenvalue weighted by atomic mass is 16.8. The summed E-state index contributed by atoms with van der Waals surface area (Å²) >= 11 is 0. The van der Waals surface area contributed by atoms with E-state index in [0.29, 0.717) is 6.42 Å². The number of hydrogen-bond acceptors (Lipinski definition) is 18. The van der Waals surface area contributed by atoms with Crippen molar-refractivity contribution in [2.75, 3.05) is 26.4 Å². The van der Waals surface area contributed by atoms with Gasteiger partial charge in [0, 0.05) is 6.42 Å².